The Hall–Kier alpha value is -1.51. The van der Waals surface area contributed by atoms with Gasteiger partial charge < -0.3 is 9.64 Å². The van der Waals surface area contributed by atoms with Crippen LogP contribution in [0.5, 0.6) is 5.75 Å². The summed E-state index contributed by atoms with van der Waals surface area (Å²) in [6.07, 6.45) is 3.34. The molecule has 1 amide bonds. The zero-order valence-corrected chi connectivity index (χ0v) is 13.2. The molecular weight excluding hydrogens is 262 g/mol. The molecule has 1 aliphatic heterocycles. The van der Waals surface area contributed by atoms with Crippen LogP contribution < -0.4 is 4.74 Å². The minimum Gasteiger partial charge on any atom is -0.497 e. The van der Waals surface area contributed by atoms with Crippen LogP contribution >= 0.6 is 0 Å². The van der Waals surface area contributed by atoms with E-state index in [0.717, 1.165) is 25.1 Å². The van der Waals surface area contributed by atoms with Crippen molar-refractivity contribution >= 4 is 5.91 Å². The summed E-state index contributed by atoms with van der Waals surface area (Å²) in [7, 11) is 1.68. The second-order valence-corrected chi connectivity index (χ2v) is 6.71. The molecule has 1 saturated carbocycles. The Bertz CT molecular complexity index is 508. The van der Waals surface area contributed by atoms with Crippen LogP contribution in [0.25, 0.3) is 0 Å². The van der Waals surface area contributed by atoms with Gasteiger partial charge in [-0.25, -0.2) is 0 Å². The first-order valence-corrected chi connectivity index (χ1v) is 8.06. The number of ether oxygens (including phenoxy) is 1. The number of carbonyl (C=O) groups excluding carboxylic acids is 1. The largest absolute Gasteiger partial charge is 0.497 e. The van der Waals surface area contributed by atoms with Gasteiger partial charge in [-0.05, 0) is 48.8 Å². The summed E-state index contributed by atoms with van der Waals surface area (Å²) in [5, 5.41) is 0. The highest BCUT2D eigenvalue weighted by Crippen LogP contribution is 2.49. The Balaban J connectivity index is 1.65. The minimum atomic E-state index is 0.206. The van der Waals surface area contributed by atoms with Crippen LogP contribution in [-0.4, -0.2) is 30.5 Å². The molecule has 2 aliphatic rings. The summed E-state index contributed by atoms with van der Waals surface area (Å²) in [5.41, 5.74) is 1.27. The Labute approximate surface area is 127 Å². The third-order valence-corrected chi connectivity index (χ3v) is 5.00. The number of hydrogen-bond acceptors (Lipinski definition) is 2. The van der Waals surface area contributed by atoms with Gasteiger partial charge in [0, 0.05) is 18.5 Å². The van der Waals surface area contributed by atoms with E-state index in [1.807, 2.05) is 12.1 Å². The third-order valence-electron chi connectivity index (χ3n) is 5.00. The molecule has 2 fully saturated rings. The molecule has 0 unspecified atom stereocenters. The van der Waals surface area contributed by atoms with Crippen LogP contribution in [0.1, 0.15) is 44.6 Å². The summed E-state index contributed by atoms with van der Waals surface area (Å²) < 4.78 is 5.19. The Morgan fingerprint density at radius 3 is 2.62 bits per heavy atom. The maximum absolute atomic E-state index is 12.7. The van der Waals surface area contributed by atoms with Crippen molar-refractivity contribution in [2.75, 3.05) is 13.7 Å². The van der Waals surface area contributed by atoms with Crippen molar-refractivity contribution in [1.29, 1.82) is 0 Å². The average molecular weight is 287 g/mol. The van der Waals surface area contributed by atoms with Crippen molar-refractivity contribution in [2.45, 2.75) is 45.1 Å². The topological polar surface area (TPSA) is 29.5 Å². The van der Waals surface area contributed by atoms with Crippen LogP contribution in [0.2, 0.25) is 0 Å². The molecule has 1 heterocycles. The van der Waals surface area contributed by atoms with Gasteiger partial charge in [0.2, 0.25) is 5.91 Å². The highest BCUT2D eigenvalue weighted by Gasteiger charge is 2.47. The second kappa shape index (κ2) is 5.70. The Kier molecular flexibility index (Phi) is 3.92. The van der Waals surface area contributed by atoms with E-state index in [9.17, 15) is 4.79 Å². The zero-order chi connectivity index (χ0) is 15.0. The zero-order valence-electron chi connectivity index (χ0n) is 13.2. The lowest BCUT2D eigenvalue weighted by atomic mass is 10.0. The molecule has 114 valence electrons. The van der Waals surface area contributed by atoms with Gasteiger partial charge in [0.15, 0.2) is 0 Å². The van der Waals surface area contributed by atoms with E-state index in [2.05, 4.69) is 30.9 Å². The summed E-state index contributed by atoms with van der Waals surface area (Å²) in [6, 6.07) is 8.63. The molecule has 3 atom stereocenters. The standard InChI is InChI=1S/C18H25NO2/c1-12(2)17-5-4-10-19(17)18(20)16-11-15(16)13-6-8-14(21-3)9-7-13/h6-9,12,15-17H,4-5,10-11H2,1-3H3/t15-,16-,17+/m1/s1. The number of nitrogens with zero attached hydrogens (tertiary/aromatic N) is 1. The lowest BCUT2D eigenvalue weighted by Crippen LogP contribution is -2.39. The first-order chi connectivity index (χ1) is 10.1. The van der Waals surface area contributed by atoms with E-state index in [4.69, 9.17) is 4.74 Å². The fraction of sp³-hybridized carbons (Fsp3) is 0.611. The third kappa shape index (κ3) is 2.78. The van der Waals surface area contributed by atoms with E-state index in [1.54, 1.807) is 7.11 Å². The van der Waals surface area contributed by atoms with Gasteiger partial charge in [0.25, 0.3) is 0 Å². The van der Waals surface area contributed by atoms with Crippen molar-refractivity contribution in [1.82, 2.24) is 4.90 Å². The highest BCUT2D eigenvalue weighted by molar-refractivity contribution is 5.83. The molecule has 0 bridgehead atoms. The SMILES string of the molecule is COc1ccc([C@H]2C[C@H]2C(=O)N2CCC[C@H]2C(C)C)cc1. The molecule has 3 nitrogen and oxygen atoms in total. The van der Waals surface area contributed by atoms with Gasteiger partial charge in [0.1, 0.15) is 5.75 Å². The number of likely N-dealkylation sites (tertiary alicyclic amines) is 1. The summed E-state index contributed by atoms with van der Waals surface area (Å²) >= 11 is 0. The van der Waals surface area contributed by atoms with Gasteiger partial charge >= 0.3 is 0 Å². The van der Waals surface area contributed by atoms with Crippen LogP contribution in [0, 0.1) is 11.8 Å². The summed E-state index contributed by atoms with van der Waals surface area (Å²) in [4.78, 5) is 14.9. The number of carbonyl (C=O) groups is 1. The van der Waals surface area contributed by atoms with E-state index in [1.165, 1.54) is 12.0 Å². The molecule has 1 saturated heterocycles. The van der Waals surface area contributed by atoms with Gasteiger partial charge in [-0.2, -0.15) is 0 Å². The van der Waals surface area contributed by atoms with E-state index in [0.29, 0.717) is 23.8 Å². The molecule has 0 radical (unpaired) electrons. The molecule has 1 aliphatic carbocycles. The average Bonchev–Trinajstić information content (AvgIpc) is 3.13. The molecule has 0 N–H and O–H groups in total. The van der Waals surface area contributed by atoms with Crippen molar-refractivity contribution < 1.29 is 9.53 Å². The van der Waals surface area contributed by atoms with Crippen molar-refractivity contribution in [3.63, 3.8) is 0 Å². The van der Waals surface area contributed by atoms with Gasteiger partial charge in [0.05, 0.1) is 7.11 Å². The van der Waals surface area contributed by atoms with Crippen molar-refractivity contribution in [3.8, 4) is 5.75 Å². The number of rotatable bonds is 4. The molecule has 3 rings (SSSR count). The predicted octanol–water partition coefficient (Wildman–Crippen LogP) is 3.45. The fourth-order valence-corrected chi connectivity index (χ4v) is 3.66. The number of hydrogen-bond donors (Lipinski definition) is 0. The van der Waals surface area contributed by atoms with E-state index >= 15 is 0 Å². The van der Waals surface area contributed by atoms with Gasteiger partial charge in [-0.1, -0.05) is 26.0 Å². The Morgan fingerprint density at radius 1 is 1.29 bits per heavy atom. The van der Waals surface area contributed by atoms with Crippen LogP contribution in [0.15, 0.2) is 24.3 Å². The smallest absolute Gasteiger partial charge is 0.226 e. The number of amides is 1. The second-order valence-electron chi connectivity index (χ2n) is 6.71. The minimum absolute atomic E-state index is 0.206. The lowest BCUT2D eigenvalue weighted by Gasteiger charge is -2.28. The quantitative estimate of drug-likeness (QED) is 0.849. The lowest BCUT2D eigenvalue weighted by molar-refractivity contribution is -0.134. The molecule has 0 aromatic heterocycles. The summed E-state index contributed by atoms with van der Waals surface area (Å²) in [6.45, 7) is 5.40. The van der Waals surface area contributed by atoms with Gasteiger partial charge in [-0.15, -0.1) is 0 Å². The molecule has 3 heteroatoms. The maximum Gasteiger partial charge on any atom is 0.226 e. The van der Waals surface area contributed by atoms with E-state index < -0.39 is 0 Å². The molecule has 1 aromatic carbocycles. The van der Waals surface area contributed by atoms with Crippen LogP contribution in [0.3, 0.4) is 0 Å². The Morgan fingerprint density at radius 2 is 2.00 bits per heavy atom. The normalized spacial score (nSPS) is 28.0. The van der Waals surface area contributed by atoms with Crippen LogP contribution in [-0.2, 0) is 4.79 Å². The van der Waals surface area contributed by atoms with Crippen LogP contribution in [0.4, 0.5) is 0 Å². The number of benzene rings is 1. The monoisotopic (exact) mass is 287 g/mol. The van der Waals surface area contributed by atoms with E-state index in [-0.39, 0.29) is 5.92 Å². The molecule has 0 spiro atoms. The first kappa shape index (κ1) is 14.4. The van der Waals surface area contributed by atoms with Gasteiger partial charge in [-0.3, -0.25) is 4.79 Å². The first-order valence-electron chi connectivity index (χ1n) is 8.06. The fourth-order valence-electron chi connectivity index (χ4n) is 3.66. The molecule has 1 aromatic rings. The molecular formula is C18H25NO2. The maximum atomic E-state index is 12.7. The summed E-state index contributed by atoms with van der Waals surface area (Å²) in [5.74, 6) is 2.44. The highest BCUT2D eigenvalue weighted by atomic mass is 16.5. The number of methoxy groups -OCH3 is 1. The van der Waals surface area contributed by atoms with Crippen molar-refractivity contribution in [2.24, 2.45) is 11.8 Å². The predicted molar refractivity (Wildman–Crippen MR) is 83.4 cm³/mol. The molecule has 21 heavy (non-hydrogen) atoms. The van der Waals surface area contributed by atoms with Crippen molar-refractivity contribution in [3.05, 3.63) is 29.8 Å².